The lowest BCUT2D eigenvalue weighted by molar-refractivity contribution is 0.414. The van der Waals surface area contributed by atoms with Crippen LogP contribution in [0.3, 0.4) is 0 Å². The van der Waals surface area contributed by atoms with E-state index < -0.39 is 0 Å². The van der Waals surface area contributed by atoms with Crippen molar-refractivity contribution in [3.63, 3.8) is 0 Å². The molecule has 1 aromatic heterocycles. The van der Waals surface area contributed by atoms with E-state index in [1.54, 1.807) is 11.8 Å². The number of ether oxygens (including phenoxy) is 1. The molecular weight excluding hydrogens is 218 g/mol. The van der Waals surface area contributed by atoms with Gasteiger partial charge in [-0.25, -0.2) is 0 Å². The summed E-state index contributed by atoms with van der Waals surface area (Å²) in [7, 11) is 1.64. The molecule has 0 aliphatic rings. The molecule has 6 heteroatoms. The molecule has 90 valence electrons. The number of benzene rings is 1. The van der Waals surface area contributed by atoms with Crippen molar-refractivity contribution in [2.75, 3.05) is 13.7 Å². The maximum absolute atomic E-state index is 5.18. The van der Waals surface area contributed by atoms with Gasteiger partial charge in [0.2, 0.25) is 0 Å². The summed E-state index contributed by atoms with van der Waals surface area (Å²) in [6.07, 6.45) is 0. The zero-order chi connectivity index (χ0) is 12.1. The molecule has 0 fully saturated rings. The Morgan fingerprint density at radius 1 is 1.41 bits per heavy atom. The van der Waals surface area contributed by atoms with Gasteiger partial charge in [-0.2, -0.15) is 4.68 Å². The van der Waals surface area contributed by atoms with Crippen molar-refractivity contribution in [1.29, 1.82) is 0 Å². The van der Waals surface area contributed by atoms with Crippen molar-refractivity contribution in [2.24, 2.45) is 0 Å². The van der Waals surface area contributed by atoms with Crippen molar-refractivity contribution in [1.82, 2.24) is 25.5 Å². The van der Waals surface area contributed by atoms with E-state index in [-0.39, 0.29) is 0 Å². The monoisotopic (exact) mass is 233 g/mol. The minimum Gasteiger partial charge on any atom is -0.497 e. The average Bonchev–Trinajstić information content (AvgIpc) is 2.84. The highest BCUT2D eigenvalue weighted by molar-refractivity contribution is 5.38. The van der Waals surface area contributed by atoms with Gasteiger partial charge in [-0.15, -0.1) is 5.10 Å². The van der Waals surface area contributed by atoms with Gasteiger partial charge in [-0.3, -0.25) is 0 Å². The van der Waals surface area contributed by atoms with E-state index in [0.29, 0.717) is 6.54 Å². The fourth-order valence-corrected chi connectivity index (χ4v) is 1.50. The third-order valence-corrected chi connectivity index (χ3v) is 2.37. The van der Waals surface area contributed by atoms with Crippen molar-refractivity contribution >= 4 is 0 Å². The van der Waals surface area contributed by atoms with Gasteiger partial charge in [0.1, 0.15) is 5.75 Å². The van der Waals surface area contributed by atoms with E-state index >= 15 is 0 Å². The van der Waals surface area contributed by atoms with Gasteiger partial charge in [-0.1, -0.05) is 13.0 Å². The molecule has 1 N–H and O–H groups in total. The second-order valence-electron chi connectivity index (χ2n) is 3.49. The number of nitrogens with zero attached hydrogens (tertiary/aromatic N) is 4. The smallest absolute Gasteiger partial charge is 0.170 e. The van der Waals surface area contributed by atoms with Gasteiger partial charge >= 0.3 is 0 Å². The van der Waals surface area contributed by atoms with Crippen molar-refractivity contribution in [3.8, 4) is 11.4 Å². The highest BCUT2D eigenvalue weighted by atomic mass is 16.5. The summed E-state index contributed by atoms with van der Waals surface area (Å²) in [5.41, 5.74) is 0.891. The van der Waals surface area contributed by atoms with Gasteiger partial charge in [0.05, 0.1) is 19.3 Å². The summed E-state index contributed by atoms with van der Waals surface area (Å²) in [5.74, 6) is 1.56. The van der Waals surface area contributed by atoms with Crippen LogP contribution in [0.4, 0.5) is 0 Å². The molecule has 6 nitrogen and oxygen atoms in total. The number of methoxy groups -OCH3 is 1. The van der Waals surface area contributed by atoms with Gasteiger partial charge in [0, 0.05) is 6.07 Å². The summed E-state index contributed by atoms with van der Waals surface area (Å²) in [4.78, 5) is 0. The van der Waals surface area contributed by atoms with Crippen molar-refractivity contribution in [2.45, 2.75) is 13.5 Å². The van der Waals surface area contributed by atoms with Crippen molar-refractivity contribution in [3.05, 3.63) is 30.1 Å². The molecule has 0 saturated heterocycles. The molecule has 17 heavy (non-hydrogen) atoms. The van der Waals surface area contributed by atoms with Crippen LogP contribution in [0, 0.1) is 0 Å². The number of hydrogen-bond donors (Lipinski definition) is 1. The number of aromatic nitrogens is 4. The van der Waals surface area contributed by atoms with Crippen LogP contribution in [0.1, 0.15) is 12.7 Å². The molecule has 0 spiro atoms. The molecule has 1 aromatic carbocycles. The van der Waals surface area contributed by atoms with Crippen LogP contribution in [-0.2, 0) is 6.54 Å². The van der Waals surface area contributed by atoms with E-state index in [1.807, 2.05) is 31.2 Å². The van der Waals surface area contributed by atoms with Crippen LogP contribution < -0.4 is 10.1 Å². The molecule has 1 heterocycles. The fourth-order valence-electron chi connectivity index (χ4n) is 1.50. The lowest BCUT2D eigenvalue weighted by Gasteiger charge is -2.06. The Balaban J connectivity index is 2.28. The third kappa shape index (κ3) is 2.59. The predicted molar refractivity (Wildman–Crippen MR) is 63.1 cm³/mol. The van der Waals surface area contributed by atoms with Crippen LogP contribution in [0.15, 0.2) is 24.3 Å². The van der Waals surface area contributed by atoms with E-state index in [1.165, 1.54) is 0 Å². The SMILES string of the molecule is CCNCc1nnnn1-c1cccc(OC)c1. The van der Waals surface area contributed by atoms with Crippen LogP contribution in [-0.4, -0.2) is 33.9 Å². The number of nitrogens with one attached hydrogen (secondary N) is 1. The molecule has 0 amide bonds. The quantitative estimate of drug-likeness (QED) is 0.826. The summed E-state index contributed by atoms with van der Waals surface area (Å²) in [6.45, 7) is 3.56. The molecule has 0 saturated carbocycles. The minimum atomic E-state index is 0.640. The van der Waals surface area contributed by atoms with Gasteiger partial charge in [0.15, 0.2) is 5.82 Å². The molecular formula is C11H15N5O. The van der Waals surface area contributed by atoms with E-state index in [4.69, 9.17) is 4.74 Å². The Labute approximate surface area is 99.6 Å². The Bertz CT molecular complexity index is 482. The third-order valence-electron chi connectivity index (χ3n) is 2.37. The number of tetrazole rings is 1. The second-order valence-corrected chi connectivity index (χ2v) is 3.49. The summed E-state index contributed by atoms with van der Waals surface area (Å²) in [6, 6.07) is 7.63. The maximum Gasteiger partial charge on any atom is 0.170 e. The standard InChI is InChI=1S/C11H15N5O/c1-3-12-8-11-13-14-15-16(11)9-5-4-6-10(7-9)17-2/h4-7,12H,3,8H2,1-2H3. The number of rotatable bonds is 5. The number of hydrogen-bond acceptors (Lipinski definition) is 5. The molecule has 0 radical (unpaired) electrons. The first-order chi connectivity index (χ1) is 8.35. The molecule has 0 bridgehead atoms. The first-order valence-corrected chi connectivity index (χ1v) is 5.47. The highest BCUT2D eigenvalue weighted by Gasteiger charge is 2.07. The largest absolute Gasteiger partial charge is 0.497 e. The Kier molecular flexibility index (Phi) is 3.66. The fraction of sp³-hybridized carbons (Fsp3) is 0.364. The first kappa shape index (κ1) is 11.5. The maximum atomic E-state index is 5.18. The van der Waals surface area contributed by atoms with Crippen molar-refractivity contribution < 1.29 is 4.74 Å². The Hall–Kier alpha value is -1.95. The zero-order valence-electron chi connectivity index (χ0n) is 9.92. The normalized spacial score (nSPS) is 10.5. The summed E-state index contributed by atoms with van der Waals surface area (Å²) >= 11 is 0. The first-order valence-electron chi connectivity index (χ1n) is 5.47. The second kappa shape index (κ2) is 5.40. The van der Waals surface area contributed by atoms with E-state index in [9.17, 15) is 0 Å². The average molecular weight is 233 g/mol. The molecule has 0 aliphatic heterocycles. The van der Waals surface area contributed by atoms with Gasteiger partial charge < -0.3 is 10.1 Å². The molecule has 0 aliphatic carbocycles. The van der Waals surface area contributed by atoms with Crippen LogP contribution in [0.5, 0.6) is 5.75 Å². The van der Waals surface area contributed by atoms with Gasteiger partial charge in [-0.05, 0) is 29.1 Å². The molecule has 2 aromatic rings. The molecule has 0 atom stereocenters. The Morgan fingerprint density at radius 2 is 2.29 bits per heavy atom. The molecule has 0 unspecified atom stereocenters. The van der Waals surface area contributed by atoms with E-state index in [2.05, 4.69) is 20.8 Å². The molecule has 2 rings (SSSR count). The van der Waals surface area contributed by atoms with Crippen LogP contribution in [0.25, 0.3) is 5.69 Å². The summed E-state index contributed by atoms with van der Waals surface area (Å²) in [5, 5.41) is 14.8. The lowest BCUT2D eigenvalue weighted by Crippen LogP contribution is -2.16. The zero-order valence-corrected chi connectivity index (χ0v) is 9.92. The van der Waals surface area contributed by atoms with Gasteiger partial charge in [0.25, 0.3) is 0 Å². The van der Waals surface area contributed by atoms with Crippen LogP contribution in [0.2, 0.25) is 0 Å². The predicted octanol–water partition coefficient (Wildman–Crippen LogP) is 0.780. The highest BCUT2D eigenvalue weighted by Crippen LogP contribution is 2.16. The minimum absolute atomic E-state index is 0.640. The topological polar surface area (TPSA) is 64.9 Å². The lowest BCUT2D eigenvalue weighted by atomic mass is 10.3. The van der Waals surface area contributed by atoms with Crippen LogP contribution >= 0.6 is 0 Å². The summed E-state index contributed by atoms with van der Waals surface area (Å²) < 4.78 is 6.88. The Morgan fingerprint density at radius 3 is 3.06 bits per heavy atom. The van der Waals surface area contributed by atoms with E-state index in [0.717, 1.165) is 23.8 Å².